The first-order valence-corrected chi connectivity index (χ1v) is 8.21. The standard InChI is InChI=1S/C18H20ClN3O/c1-22-12-11-20-17(22)16(13-7-9-15(19)10-8-13)21-18(23)14-5-3-2-4-6-14/h2-3,7-12,14,16H,4-6H2,1H3,(H,21,23)/t14-,16+/m1/s1. The van der Waals surface area contributed by atoms with Crippen molar-refractivity contribution in [3.63, 3.8) is 0 Å². The van der Waals surface area contributed by atoms with Crippen molar-refractivity contribution in [2.45, 2.75) is 25.3 Å². The minimum atomic E-state index is -0.273. The Labute approximate surface area is 141 Å². The van der Waals surface area contributed by atoms with Gasteiger partial charge < -0.3 is 9.88 Å². The summed E-state index contributed by atoms with van der Waals surface area (Å²) in [4.78, 5) is 17.1. The van der Waals surface area contributed by atoms with Crippen LogP contribution in [0, 0.1) is 5.92 Å². The average Bonchev–Trinajstić information content (AvgIpc) is 3.00. The smallest absolute Gasteiger partial charge is 0.224 e. The molecule has 1 aromatic carbocycles. The predicted molar refractivity (Wildman–Crippen MR) is 91.1 cm³/mol. The van der Waals surface area contributed by atoms with Gasteiger partial charge in [-0.2, -0.15) is 0 Å². The van der Waals surface area contributed by atoms with E-state index in [9.17, 15) is 4.79 Å². The van der Waals surface area contributed by atoms with E-state index in [4.69, 9.17) is 11.6 Å². The highest BCUT2D eigenvalue weighted by Crippen LogP contribution is 2.25. The van der Waals surface area contributed by atoms with Crippen molar-refractivity contribution in [3.8, 4) is 0 Å². The summed E-state index contributed by atoms with van der Waals surface area (Å²) >= 11 is 5.98. The molecule has 0 saturated heterocycles. The molecule has 1 amide bonds. The molecule has 120 valence electrons. The molecule has 1 aliphatic rings. The number of aryl methyl sites for hydroxylation is 1. The van der Waals surface area contributed by atoms with Gasteiger partial charge in [0.25, 0.3) is 0 Å². The molecular weight excluding hydrogens is 310 g/mol. The van der Waals surface area contributed by atoms with Crippen molar-refractivity contribution in [1.29, 1.82) is 0 Å². The van der Waals surface area contributed by atoms with Gasteiger partial charge in [0.1, 0.15) is 11.9 Å². The molecule has 0 spiro atoms. The molecule has 1 aromatic heterocycles. The van der Waals surface area contributed by atoms with Gasteiger partial charge in [-0.1, -0.05) is 35.9 Å². The third-order valence-electron chi connectivity index (χ3n) is 4.25. The quantitative estimate of drug-likeness (QED) is 0.871. The molecule has 0 radical (unpaired) electrons. The van der Waals surface area contributed by atoms with Gasteiger partial charge in [0.2, 0.25) is 5.91 Å². The Bertz CT molecular complexity index is 705. The summed E-state index contributed by atoms with van der Waals surface area (Å²) in [6, 6.07) is 7.27. The topological polar surface area (TPSA) is 46.9 Å². The number of amides is 1. The maximum absolute atomic E-state index is 12.6. The first-order valence-electron chi connectivity index (χ1n) is 7.83. The van der Waals surface area contributed by atoms with Gasteiger partial charge in [0, 0.05) is 30.4 Å². The Morgan fingerprint density at radius 3 is 2.74 bits per heavy atom. The van der Waals surface area contributed by atoms with Crippen molar-refractivity contribution >= 4 is 17.5 Å². The highest BCUT2D eigenvalue weighted by Gasteiger charge is 2.25. The minimum absolute atomic E-state index is 0.0371. The third-order valence-corrected chi connectivity index (χ3v) is 4.50. The second kappa shape index (κ2) is 7.01. The van der Waals surface area contributed by atoms with Gasteiger partial charge in [-0.15, -0.1) is 0 Å². The molecule has 1 N–H and O–H groups in total. The first kappa shape index (κ1) is 15.8. The maximum Gasteiger partial charge on any atom is 0.224 e. The molecule has 1 heterocycles. The minimum Gasteiger partial charge on any atom is -0.342 e. The molecule has 0 unspecified atom stereocenters. The van der Waals surface area contributed by atoms with Gasteiger partial charge in [-0.3, -0.25) is 4.79 Å². The second-order valence-electron chi connectivity index (χ2n) is 5.87. The summed E-state index contributed by atoms with van der Waals surface area (Å²) in [7, 11) is 1.93. The van der Waals surface area contributed by atoms with Crippen LogP contribution in [-0.4, -0.2) is 15.5 Å². The second-order valence-corrected chi connectivity index (χ2v) is 6.31. The summed E-state index contributed by atoms with van der Waals surface area (Å²) in [6.07, 6.45) is 10.5. The number of aromatic nitrogens is 2. The lowest BCUT2D eigenvalue weighted by Crippen LogP contribution is -2.36. The number of nitrogens with one attached hydrogen (secondary N) is 1. The number of benzene rings is 1. The lowest BCUT2D eigenvalue weighted by Gasteiger charge is -2.23. The van der Waals surface area contributed by atoms with Crippen LogP contribution in [0.3, 0.4) is 0 Å². The van der Waals surface area contributed by atoms with Gasteiger partial charge in [0.05, 0.1) is 0 Å². The summed E-state index contributed by atoms with van der Waals surface area (Å²) in [5.74, 6) is 0.930. The van der Waals surface area contributed by atoms with E-state index in [-0.39, 0.29) is 17.9 Å². The van der Waals surface area contributed by atoms with Crippen LogP contribution in [0.1, 0.15) is 36.7 Å². The first-order chi connectivity index (χ1) is 11.1. The van der Waals surface area contributed by atoms with Gasteiger partial charge >= 0.3 is 0 Å². The summed E-state index contributed by atoms with van der Waals surface area (Å²) in [5, 5.41) is 3.84. The Morgan fingerprint density at radius 2 is 2.13 bits per heavy atom. The highest BCUT2D eigenvalue weighted by molar-refractivity contribution is 6.30. The van der Waals surface area contributed by atoms with E-state index < -0.39 is 0 Å². The predicted octanol–water partition coefficient (Wildman–Crippen LogP) is 3.64. The van der Waals surface area contributed by atoms with Crippen LogP contribution in [0.2, 0.25) is 5.02 Å². The SMILES string of the molecule is Cn1ccnc1[C@@H](NC(=O)[C@@H]1CC=CCC1)c1ccc(Cl)cc1. The van der Waals surface area contributed by atoms with E-state index >= 15 is 0 Å². The molecule has 0 fully saturated rings. The zero-order chi connectivity index (χ0) is 16.2. The van der Waals surface area contributed by atoms with Crippen LogP contribution in [-0.2, 0) is 11.8 Å². The fraction of sp³-hybridized carbons (Fsp3) is 0.333. The molecule has 0 saturated carbocycles. The van der Waals surface area contributed by atoms with Crippen LogP contribution >= 0.6 is 11.6 Å². The average molecular weight is 330 g/mol. The number of hydrogen-bond acceptors (Lipinski definition) is 2. The largest absolute Gasteiger partial charge is 0.342 e. The zero-order valence-electron chi connectivity index (χ0n) is 13.1. The number of imidazole rings is 1. The maximum atomic E-state index is 12.6. The van der Waals surface area contributed by atoms with Crippen LogP contribution in [0.15, 0.2) is 48.8 Å². The normalized spacial score (nSPS) is 18.6. The third kappa shape index (κ3) is 3.64. The van der Waals surface area contributed by atoms with E-state index in [1.54, 1.807) is 6.20 Å². The van der Waals surface area contributed by atoms with E-state index in [1.165, 1.54) is 0 Å². The van der Waals surface area contributed by atoms with Crippen molar-refractivity contribution in [2.24, 2.45) is 13.0 Å². The zero-order valence-corrected chi connectivity index (χ0v) is 13.8. The summed E-state index contributed by atoms with van der Waals surface area (Å²) < 4.78 is 1.93. The molecule has 2 atom stereocenters. The number of carbonyl (C=O) groups is 1. The molecule has 5 heteroatoms. The van der Waals surface area contributed by atoms with Gasteiger partial charge in [0.15, 0.2) is 0 Å². The number of allylic oxidation sites excluding steroid dienone is 2. The molecule has 1 aliphatic carbocycles. The number of halogens is 1. The molecule has 23 heavy (non-hydrogen) atoms. The lowest BCUT2D eigenvalue weighted by molar-refractivity contribution is -0.125. The Balaban J connectivity index is 1.86. The van der Waals surface area contributed by atoms with E-state index in [2.05, 4.69) is 22.5 Å². The fourth-order valence-electron chi connectivity index (χ4n) is 2.90. The van der Waals surface area contributed by atoms with Crippen molar-refractivity contribution in [1.82, 2.24) is 14.9 Å². The Morgan fingerprint density at radius 1 is 1.35 bits per heavy atom. The van der Waals surface area contributed by atoms with Crippen molar-refractivity contribution in [3.05, 3.63) is 65.2 Å². The lowest BCUT2D eigenvalue weighted by atomic mass is 9.93. The fourth-order valence-corrected chi connectivity index (χ4v) is 3.03. The highest BCUT2D eigenvalue weighted by atomic mass is 35.5. The van der Waals surface area contributed by atoms with E-state index in [0.717, 1.165) is 30.7 Å². The summed E-state index contributed by atoms with van der Waals surface area (Å²) in [5.41, 5.74) is 0.975. The Hall–Kier alpha value is -2.07. The number of rotatable bonds is 4. The molecule has 4 nitrogen and oxygen atoms in total. The molecule has 0 bridgehead atoms. The molecule has 3 rings (SSSR count). The number of hydrogen-bond donors (Lipinski definition) is 1. The summed E-state index contributed by atoms with van der Waals surface area (Å²) in [6.45, 7) is 0. The molecule has 0 aliphatic heterocycles. The molecule has 2 aromatic rings. The van der Waals surface area contributed by atoms with Crippen LogP contribution < -0.4 is 5.32 Å². The van der Waals surface area contributed by atoms with Crippen LogP contribution in [0.5, 0.6) is 0 Å². The molecular formula is C18H20ClN3O. The van der Waals surface area contributed by atoms with Crippen molar-refractivity contribution < 1.29 is 4.79 Å². The van der Waals surface area contributed by atoms with E-state index in [1.807, 2.05) is 42.1 Å². The van der Waals surface area contributed by atoms with E-state index in [0.29, 0.717) is 5.02 Å². The van der Waals surface area contributed by atoms with Gasteiger partial charge in [-0.25, -0.2) is 4.98 Å². The number of nitrogens with zero attached hydrogens (tertiary/aromatic N) is 2. The number of carbonyl (C=O) groups excluding carboxylic acids is 1. The van der Waals surface area contributed by atoms with Crippen molar-refractivity contribution in [2.75, 3.05) is 0 Å². The van der Waals surface area contributed by atoms with Crippen LogP contribution in [0.25, 0.3) is 0 Å². The monoisotopic (exact) mass is 329 g/mol. The Kier molecular flexibility index (Phi) is 4.82. The van der Waals surface area contributed by atoms with Gasteiger partial charge in [-0.05, 0) is 37.0 Å². The van der Waals surface area contributed by atoms with Crippen LogP contribution in [0.4, 0.5) is 0 Å².